The van der Waals surface area contributed by atoms with E-state index in [1.165, 1.54) is 13.8 Å². The van der Waals surface area contributed by atoms with Crippen molar-refractivity contribution < 1.29 is 210 Å². The molecule has 14 fully saturated rings. The normalized spacial score (nSPS) is 32.2. The van der Waals surface area contributed by atoms with Crippen molar-refractivity contribution in [2.45, 2.75) is 260 Å². The largest absolute Gasteiger partial charge is 0.481 e. The fourth-order valence-corrected chi connectivity index (χ4v) is 17.1. The van der Waals surface area contributed by atoms with Gasteiger partial charge in [-0.05, 0) is 132 Å². The van der Waals surface area contributed by atoms with Crippen LogP contribution in [0.1, 0.15) is 177 Å². The standard InChI is InChI=1S/C14H16O8.C14H18O6.2C13H14O8.C13H16O6.C12H16O4.C11H14O4/c1-8(2)12(17)19-6-11(16)21-10-4-3-9-5-14(10,20-7-15)22-13(9)18;1-8(2)12(16)18-7-11(15)20-14(3)5-4-9-6-10(14)19-13(9)17;1-2-9(14)19-5-10(15)21-11-7(12(16)17)3-6-4-8(11)20-13(6)18;1-2-10(15)18-6-11(16)20-9-4-3-8-5-13(9,19-7-14)21-12(8)17;1-3-10(14)17-7-11(15)19-13(2)5-4-8-6-9(13)18-12(8)16;1-7(2)10(13)16-12(3)5-4-8-6-9(12)15-11(8)14;1-3-9(12)15-11(2)5-4-7-6-8(11)14-10(7)13/h7,9-10H,1,3-6H2,2H3;9-10H,1,4-7H2,2-3H3;2,6-8,11H,1,3-5H2,(H,16,17);2,7-9H,1,3-6H2;3,8-9H,1,4-7H2,2H3;8-9H,1,4-6H2,2-3H3;3,7-8H,1,4-6H2,2H3. The van der Waals surface area contributed by atoms with Gasteiger partial charge in [0.25, 0.3) is 24.5 Å². The van der Waals surface area contributed by atoms with E-state index in [1.807, 2.05) is 13.8 Å². The number of hydrogen-bond acceptors (Lipinski definition) is 43. The third kappa shape index (κ3) is 27.2. The summed E-state index contributed by atoms with van der Waals surface area (Å²) in [6, 6.07) is 0. The Balaban J connectivity index is 0.000000193. The maximum atomic E-state index is 11.7. The highest BCUT2D eigenvalue weighted by molar-refractivity contribution is 5.91. The first kappa shape index (κ1) is 106. The highest BCUT2D eigenvalue weighted by Gasteiger charge is 2.63. The van der Waals surface area contributed by atoms with Crippen LogP contribution in [0.3, 0.4) is 0 Å². The highest BCUT2D eigenvalue weighted by Crippen LogP contribution is 2.50. The Bertz CT molecular complexity index is 4690. The van der Waals surface area contributed by atoms with Crippen molar-refractivity contribution in [1.82, 2.24) is 0 Å². The van der Waals surface area contributed by atoms with E-state index < -0.39 is 211 Å². The van der Waals surface area contributed by atoms with E-state index in [2.05, 4.69) is 65.0 Å². The van der Waals surface area contributed by atoms with Crippen LogP contribution in [0.5, 0.6) is 0 Å². The molecule has 14 aliphatic rings. The van der Waals surface area contributed by atoms with Crippen molar-refractivity contribution in [2.24, 2.45) is 47.3 Å². The van der Waals surface area contributed by atoms with Gasteiger partial charge in [-0.15, -0.1) is 0 Å². The van der Waals surface area contributed by atoms with Crippen LogP contribution in [0, 0.1) is 47.3 Å². The monoisotopic (exact) mass is 1890 g/mol. The Kier molecular flexibility index (Phi) is 36.2. The number of hydrogen-bond donors (Lipinski definition) is 1. The van der Waals surface area contributed by atoms with E-state index >= 15 is 0 Å². The molecule has 22 atom stereocenters. The average molecular weight is 1890 g/mol. The molecule has 7 aliphatic carbocycles. The molecule has 0 spiro atoms. The van der Waals surface area contributed by atoms with Gasteiger partial charge in [0, 0.05) is 86.0 Å². The summed E-state index contributed by atoms with van der Waals surface area (Å²) in [5.41, 5.74) is -2.29. The maximum absolute atomic E-state index is 11.7. The van der Waals surface area contributed by atoms with Crippen molar-refractivity contribution in [1.29, 1.82) is 0 Å². The fourth-order valence-electron chi connectivity index (χ4n) is 17.1. The van der Waals surface area contributed by atoms with Crippen molar-refractivity contribution >= 4 is 132 Å². The van der Waals surface area contributed by atoms with Crippen LogP contribution in [0.25, 0.3) is 0 Å². The Morgan fingerprint density at radius 1 is 0.358 bits per heavy atom. The van der Waals surface area contributed by atoms with Crippen molar-refractivity contribution in [3.8, 4) is 0 Å². The van der Waals surface area contributed by atoms with Gasteiger partial charge in [-0.3, -0.25) is 47.9 Å². The van der Waals surface area contributed by atoms with Gasteiger partial charge in [0.2, 0.25) is 0 Å². The minimum atomic E-state index is -1.57. The average Bonchev–Trinajstić information content (AvgIpc) is 1.63. The first-order valence-corrected chi connectivity index (χ1v) is 42.8. The number of aliphatic carboxylic acids is 1. The summed E-state index contributed by atoms with van der Waals surface area (Å²) < 4.78 is 106. The molecular weight excluding hydrogens is 1780 g/mol. The minimum absolute atomic E-state index is 0.00149. The molecule has 7 saturated heterocycles. The number of carboxylic acids is 1. The molecule has 7 heterocycles. The number of carbonyl (C=O) groups is 22. The molecule has 14 bridgehead atoms. The van der Waals surface area contributed by atoms with Gasteiger partial charge in [-0.25, -0.2) is 57.5 Å². The van der Waals surface area contributed by atoms with Crippen LogP contribution in [0.4, 0.5) is 0 Å². The topological polar surface area (TPSA) is 590 Å². The van der Waals surface area contributed by atoms with Crippen LogP contribution in [0.15, 0.2) is 87.1 Å². The first-order valence-electron chi connectivity index (χ1n) is 42.8. The SMILES string of the molecule is C=C(C)C(=O)OC1(C)CCC2CC1OC2=O.C=C(C)C(=O)OCC(=O)OC1(C)CCC2CC1OC2=O.C=C(C)C(=O)OCC(=O)OC1CCC2CC1(OC=O)OC2=O.C=CC(=O)OC1(C)CCC2CC1OC2=O.C=CC(=O)OCC(=O)OC1(C)CCC2CC1OC2=O.C=CC(=O)OCC(=O)OC1C2CC(CC1C(=O)O)C(=O)O2.C=CC(=O)OCC(=O)OC1CCC2CC1(OC=O)OC2=O. The molecule has 0 radical (unpaired) electrons. The van der Waals surface area contributed by atoms with E-state index in [0.717, 1.165) is 37.1 Å². The van der Waals surface area contributed by atoms with Crippen LogP contribution in [0.2, 0.25) is 0 Å². The third-order valence-corrected chi connectivity index (χ3v) is 24.6. The molecule has 0 aromatic rings. The molecule has 7 aliphatic heterocycles. The van der Waals surface area contributed by atoms with Gasteiger partial charge in [0.05, 0.1) is 47.3 Å². The molecule has 0 aromatic heterocycles. The number of ether oxygens (including phenoxy) is 21. The van der Waals surface area contributed by atoms with E-state index in [4.69, 9.17) is 80.5 Å². The maximum Gasteiger partial charge on any atom is 0.344 e. The zero-order valence-electron chi connectivity index (χ0n) is 74.8. The van der Waals surface area contributed by atoms with Gasteiger partial charge in [-0.2, -0.15) is 0 Å². The first-order chi connectivity index (χ1) is 63.0. The summed E-state index contributed by atoms with van der Waals surface area (Å²) in [4.78, 5) is 249. The number of carbonyl (C=O) groups excluding carboxylic acids is 21. The molecule has 22 unspecified atom stereocenters. The predicted molar refractivity (Wildman–Crippen MR) is 437 cm³/mol. The summed E-state index contributed by atoms with van der Waals surface area (Å²) in [6.45, 7) is 32.5. The molecular formula is C90H108O44. The van der Waals surface area contributed by atoms with Crippen molar-refractivity contribution in [2.75, 3.05) is 33.0 Å². The second-order valence-electron chi connectivity index (χ2n) is 34.6. The summed E-state index contributed by atoms with van der Waals surface area (Å²) in [5, 5.41) is 9.17. The lowest BCUT2D eigenvalue weighted by molar-refractivity contribution is -0.249. The van der Waals surface area contributed by atoms with Gasteiger partial charge < -0.3 is 105 Å². The van der Waals surface area contributed by atoms with Crippen LogP contribution in [-0.2, 0) is 205 Å². The smallest absolute Gasteiger partial charge is 0.344 e. The summed E-state index contributed by atoms with van der Waals surface area (Å²) in [7, 11) is 0. The lowest BCUT2D eigenvalue weighted by Gasteiger charge is -2.36. The van der Waals surface area contributed by atoms with Gasteiger partial charge in [0.15, 0.2) is 51.3 Å². The second kappa shape index (κ2) is 45.8. The second-order valence-corrected chi connectivity index (χ2v) is 34.6. The quantitative estimate of drug-likeness (QED) is 0.0468. The van der Waals surface area contributed by atoms with Crippen molar-refractivity contribution in [3.05, 3.63) is 87.1 Å². The van der Waals surface area contributed by atoms with E-state index in [9.17, 15) is 111 Å². The highest BCUT2D eigenvalue weighted by atomic mass is 16.8. The number of rotatable bonds is 29. The number of carboxylic acid groups (broad SMARTS) is 1. The summed E-state index contributed by atoms with van der Waals surface area (Å²) >= 11 is 0. The molecule has 14 rings (SSSR count). The Morgan fingerprint density at radius 2 is 0.672 bits per heavy atom. The van der Waals surface area contributed by atoms with Gasteiger partial charge in [-0.1, -0.05) is 46.1 Å². The molecule has 44 nitrogen and oxygen atoms in total. The Hall–Kier alpha value is -13.5. The van der Waals surface area contributed by atoms with Crippen LogP contribution in [-0.4, -0.2) is 253 Å². The van der Waals surface area contributed by atoms with Crippen LogP contribution >= 0.6 is 0 Å². The van der Waals surface area contributed by atoms with E-state index in [0.29, 0.717) is 102 Å². The molecule has 732 valence electrons. The number of fused-ring (bicyclic) bond motifs is 14. The Morgan fingerprint density at radius 3 is 1.01 bits per heavy atom. The zero-order chi connectivity index (χ0) is 99.3. The predicted octanol–water partition coefficient (Wildman–Crippen LogP) is 4.43. The molecule has 1 N–H and O–H groups in total. The molecule has 0 amide bonds. The fraction of sp³-hybridized carbons (Fsp3) is 0.600. The van der Waals surface area contributed by atoms with E-state index in [1.54, 1.807) is 20.8 Å². The lowest BCUT2D eigenvalue weighted by Crippen LogP contribution is -2.49. The van der Waals surface area contributed by atoms with Gasteiger partial charge >= 0.3 is 119 Å². The summed E-state index contributed by atoms with van der Waals surface area (Å²) in [5.74, 6) is -17.1. The summed E-state index contributed by atoms with van der Waals surface area (Å²) in [6.07, 6.45) is 8.79. The van der Waals surface area contributed by atoms with Crippen LogP contribution < -0.4 is 0 Å². The minimum Gasteiger partial charge on any atom is -0.481 e. The molecule has 7 saturated carbocycles. The molecule has 134 heavy (non-hydrogen) atoms. The van der Waals surface area contributed by atoms with Gasteiger partial charge in [0.1, 0.15) is 52.9 Å². The third-order valence-electron chi connectivity index (χ3n) is 24.6. The molecule has 0 aromatic carbocycles. The number of esters is 19. The van der Waals surface area contributed by atoms with E-state index in [-0.39, 0.29) is 115 Å². The van der Waals surface area contributed by atoms with Crippen molar-refractivity contribution in [3.63, 3.8) is 0 Å². The molecule has 44 heteroatoms. The lowest BCUT2D eigenvalue weighted by atomic mass is 9.79. The zero-order valence-corrected chi connectivity index (χ0v) is 74.8. The Labute approximate surface area is 766 Å².